The molecule has 0 spiro atoms. The van der Waals surface area contributed by atoms with Gasteiger partial charge in [-0.1, -0.05) is 23.7 Å². The molecule has 2 aromatic carbocycles. The van der Waals surface area contributed by atoms with Gasteiger partial charge in [-0.25, -0.2) is 9.18 Å². The minimum atomic E-state index is -0.590. The zero-order valence-electron chi connectivity index (χ0n) is 11.3. The molecule has 2 N–H and O–H groups in total. The Balaban J connectivity index is 1.98. The maximum Gasteiger partial charge on any atom is 0.323 e. The molecule has 2 amide bonds. The van der Waals surface area contributed by atoms with Crippen molar-refractivity contribution in [1.29, 1.82) is 0 Å². The number of urea groups is 1. The highest BCUT2D eigenvalue weighted by molar-refractivity contribution is 6.30. The fourth-order valence-corrected chi connectivity index (χ4v) is 1.89. The summed E-state index contributed by atoms with van der Waals surface area (Å²) in [6, 6.07) is 10.7. The molecule has 2 rings (SSSR count). The average Bonchev–Trinajstić information content (AvgIpc) is 2.44. The topological polar surface area (TPSA) is 50.4 Å². The summed E-state index contributed by atoms with van der Waals surface area (Å²) in [5.41, 5.74) is 1.65. The van der Waals surface area contributed by atoms with Crippen LogP contribution in [0.1, 0.15) is 5.56 Å². The Labute approximate surface area is 126 Å². The van der Waals surface area contributed by atoms with Gasteiger partial charge >= 0.3 is 6.03 Å². The zero-order valence-corrected chi connectivity index (χ0v) is 12.1. The van der Waals surface area contributed by atoms with Crippen molar-refractivity contribution in [3.8, 4) is 0 Å². The number of benzene rings is 2. The third-order valence-electron chi connectivity index (χ3n) is 2.70. The van der Waals surface area contributed by atoms with E-state index in [2.05, 4.69) is 10.6 Å². The summed E-state index contributed by atoms with van der Waals surface area (Å²) >= 11 is 5.65. The maximum atomic E-state index is 13.5. The number of ether oxygens (including phenoxy) is 1. The molecule has 0 atom stereocenters. The van der Waals surface area contributed by atoms with E-state index in [1.165, 1.54) is 12.1 Å². The van der Waals surface area contributed by atoms with E-state index in [1.807, 2.05) is 12.1 Å². The van der Waals surface area contributed by atoms with Gasteiger partial charge in [0, 0.05) is 17.8 Å². The maximum absolute atomic E-state index is 13.5. The number of methoxy groups -OCH3 is 1. The molecule has 4 nitrogen and oxygen atoms in total. The van der Waals surface area contributed by atoms with Crippen molar-refractivity contribution >= 4 is 29.0 Å². The highest BCUT2D eigenvalue weighted by Crippen LogP contribution is 2.19. The SMILES string of the molecule is COCc1ccc(NC(=O)Nc2ccc(Cl)cc2F)cc1. The number of carbonyl (C=O) groups excluding carboxylic acids is 1. The Hall–Kier alpha value is -2.11. The van der Waals surface area contributed by atoms with Crippen LogP contribution in [0.15, 0.2) is 42.5 Å². The summed E-state index contributed by atoms with van der Waals surface area (Å²) in [5, 5.41) is 5.30. The molecule has 2 aromatic rings. The molecular formula is C15H14ClFN2O2. The van der Waals surface area contributed by atoms with Crippen molar-refractivity contribution in [2.24, 2.45) is 0 Å². The summed E-state index contributed by atoms with van der Waals surface area (Å²) in [6.07, 6.45) is 0. The van der Waals surface area contributed by atoms with Crippen molar-refractivity contribution in [3.63, 3.8) is 0 Å². The lowest BCUT2D eigenvalue weighted by Crippen LogP contribution is -2.20. The number of amides is 2. The van der Waals surface area contributed by atoms with Gasteiger partial charge in [0.05, 0.1) is 12.3 Å². The predicted molar refractivity (Wildman–Crippen MR) is 81.2 cm³/mol. The van der Waals surface area contributed by atoms with Gasteiger partial charge in [-0.05, 0) is 35.9 Å². The number of anilines is 2. The van der Waals surface area contributed by atoms with Gasteiger partial charge in [0.2, 0.25) is 0 Å². The van der Waals surface area contributed by atoms with Crippen molar-refractivity contribution in [3.05, 3.63) is 58.9 Å². The van der Waals surface area contributed by atoms with Gasteiger partial charge in [0.25, 0.3) is 0 Å². The summed E-state index contributed by atoms with van der Waals surface area (Å²) in [7, 11) is 1.61. The molecule has 0 aliphatic heterocycles. The minimum absolute atomic E-state index is 0.0629. The molecule has 0 aliphatic carbocycles. The van der Waals surface area contributed by atoms with E-state index in [1.54, 1.807) is 19.2 Å². The Morgan fingerprint density at radius 1 is 1.19 bits per heavy atom. The summed E-state index contributed by atoms with van der Waals surface area (Å²) in [6.45, 7) is 0.502. The molecule has 0 bridgehead atoms. The monoisotopic (exact) mass is 308 g/mol. The number of halogens is 2. The molecule has 6 heteroatoms. The van der Waals surface area contributed by atoms with E-state index in [0.717, 1.165) is 11.6 Å². The number of hydrogen-bond acceptors (Lipinski definition) is 2. The molecule has 0 radical (unpaired) electrons. The van der Waals surface area contributed by atoms with Gasteiger partial charge in [-0.2, -0.15) is 0 Å². The van der Waals surface area contributed by atoms with E-state index >= 15 is 0 Å². The van der Waals surface area contributed by atoms with Crippen LogP contribution in [-0.2, 0) is 11.3 Å². The molecule has 0 fully saturated rings. The van der Waals surface area contributed by atoms with Gasteiger partial charge < -0.3 is 15.4 Å². The Bertz CT molecular complexity index is 632. The first kappa shape index (κ1) is 15.3. The van der Waals surface area contributed by atoms with Crippen molar-refractivity contribution in [2.45, 2.75) is 6.61 Å². The van der Waals surface area contributed by atoms with Crippen molar-refractivity contribution in [2.75, 3.05) is 17.7 Å². The van der Waals surface area contributed by atoms with Gasteiger partial charge in [0.15, 0.2) is 0 Å². The standard InChI is InChI=1S/C15H14ClFN2O2/c1-21-9-10-2-5-12(6-3-10)18-15(20)19-14-7-4-11(16)8-13(14)17/h2-8H,9H2,1H3,(H2,18,19,20). The molecule has 0 saturated heterocycles. The Morgan fingerprint density at radius 3 is 2.52 bits per heavy atom. The summed E-state index contributed by atoms with van der Waals surface area (Å²) in [5.74, 6) is -0.590. The van der Waals surface area contributed by atoms with Crippen LogP contribution in [-0.4, -0.2) is 13.1 Å². The van der Waals surface area contributed by atoms with Gasteiger partial charge in [0.1, 0.15) is 5.82 Å². The smallest absolute Gasteiger partial charge is 0.323 e. The Morgan fingerprint density at radius 2 is 1.90 bits per heavy atom. The lowest BCUT2D eigenvalue weighted by molar-refractivity contribution is 0.185. The van der Waals surface area contributed by atoms with Crippen LogP contribution >= 0.6 is 11.6 Å². The summed E-state index contributed by atoms with van der Waals surface area (Å²) in [4.78, 5) is 11.8. The first-order valence-corrected chi connectivity index (χ1v) is 6.57. The van der Waals surface area contributed by atoms with E-state index in [4.69, 9.17) is 16.3 Å². The lowest BCUT2D eigenvalue weighted by atomic mass is 10.2. The van der Waals surface area contributed by atoms with E-state index in [-0.39, 0.29) is 10.7 Å². The first-order valence-electron chi connectivity index (χ1n) is 6.19. The third-order valence-corrected chi connectivity index (χ3v) is 2.94. The summed E-state index contributed by atoms with van der Waals surface area (Å²) < 4.78 is 18.5. The zero-order chi connectivity index (χ0) is 15.2. The van der Waals surface area contributed by atoms with Crippen LogP contribution in [0.2, 0.25) is 5.02 Å². The second-order valence-electron chi connectivity index (χ2n) is 4.33. The third kappa shape index (κ3) is 4.44. The molecule has 110 valence electrons. The number of hydrogen-bond donors (Lipinski definition) is 2. The van der Waals surface area contributed by atoms with Crippen LogP contribution < -0.4 is 10.6 Å². The lowest BCUT2D eigenvalue weighted by Gasteiger charge is -2.09. The predicted octanol–water partition coefficient (Wildman–Crippen LogP) is 4.27. The normalized spacial score (nSPS) is 10.2. The highest BCUT2D eigenvalue weighted by Gasteiger charge is 2.07. The second kappa shape index (κ2) is 7.06. The fraction of sp³-hybridized carbons (Fsp3) is 0.133. The molecule has 0 unspecified atom stereocenters. The first-order chi connectivity index (χ1) is 10.1. The molecule has 0 aromatic heterocycles. The minimum Gasteiger partial charge on any atom is -0.380 e. The number of nitrogens with one attached hydrogen (secondary N) is 2. The highest BCUT2D eigenvalue weighted by atomic mass is 35.5. The van der Waals surface area contributed by atoms with E-state index in [9.17, 15) is 9.18 Å². The largest absolute Gasteiger partial charge is 0.380 e. The number of carbonyl (C=O) groups is 1. The van der Waals surface area contributed by atoms with Gasteiger partial charge in [-0.15, -0.1) is 0 Å². The van der Waals surface area contributed by atoms with Crippen LogP contribution in [0, 0.1) is 5.82 Å². The molecular weight excluding hydrogens is 295 g/mol. The van der Waals surface area contributed by atoms with E-state index < -0.39 is 11.8 Å². The van der Waals surface area contributed by atoms with Crippen LogP contribution in [0.25, 0.3) is 0 Å². The van der Waals surface area contributed by atoms with Crippen LogP contribution in [0.3, 0.4) is 0 Å². The quantitative estimate of drug-likeness (QED) is 0.886. The average molecular weight is 309 g/mol. The number of rotatable bonds is 4. The molecule has 0 heterocycles. The Kier molecular flexibility index (Phi) is 5.14. The molecule has 0 aliphatic rings. The fourth-order valence-electron chi connectivity index (χ4n) is 1.73. The van der Waals surface area contributed by atoms with Gasteiger partial charge in [-0.3, -0.25) is 0 Å². The molecule has 0 saturated carbocycles. The van der Waals surface area contributed by atoms with Crippen molar-refractivity contribution < 1.29 is 13.9 Å². The van der Waals surface area contributed by atoms with Crippen LogP contribution in [0.4, 0.5) is 20.6 Å². The van der Waals surface area contributed by atoms with E-state index in [0.29, 0.717) is 12.3 Å². The second-order valence-corrected chi connectivity index (χ2v) is 4.77. The van der Waals surface area contributed by atoms with Crippen LogP contribution in [0.5, 0.6) is 0 Å². The molecule has 21 heavy (non-hydrogen) atoms. The van der Waals surface area contributed by atoms with Crippen molar-refractivity contribution in [1.82, 2.24) is 0 Å².